The van der Waals surface area contributed by atoms with Gasteiger partial charge < -0.3 is 0 Å². The largest absolute Gasteiger partial charge is 0.294 e. The number of aryl methyl sites for hydroxylation is 1. The molecular weight excluding hydrogens is 414 g/mol. The van der Waals surface area contributed by atoms with Crippen LogP contribution in [0.1, 0.15) is 11.3 Å². The first kappa shape index (κ1) is 13.7. The number of aromatic nitrogens is 2. The highest BCUT2D eigenvalue weighted by atomic mass is 127. The maximum atomic E-state index is 13.1. The Kier molecular flexibility index (Phi) is 4.16. The predicted molar refractivity (Wildman–Crippen MR) is 79.2 cm³/mol. The standard InChI is InChI=1S/C12H9BrFIN2O/c1-7-11(15)12(18)17(6-16-7)5-8-2-3-10(14)9(13)4-8/h2-4,6H,5H2,1H3. The van der Waals surface area contributed by atoms with Crippen LogP contribution in [0.5, 0.6) is 0 Å². The molecule has 1 aromatic carbocycles. The number of hydrogen-bond acceptors (Lipinski definition) is 2. The Morgan fingerprint density at radius 3 is 2.89 bits per heavy atom. The molecule has 0 spiro atoms. The van der Waals surface area contributed by atoms with Crippen molar-refractivity contribution in [3.63, 3.8) is 0 Å². The summed E-state index contributed by atoms with van der Waals surface area (Å²) in [6.45, 7) is 2.17. The first-order chi connectivity index (χ1) is 8.49. The molecule has 0 atom stereocenters. The molecule has 0 saturated heterocycles. The molecule has 6 heteroatoms. The Balaban J connectivity index is 2.37. The second-order valence-electron chi connectivity index (χ2n) is 3.83. The highest BCUT2D eigenvalue weighted by Crippen LogP contribution is 2.17. The van der Waals surface area contributed by atoms with E-state index in [1.54, 1.807) is 19.1 Å². The van der Waals surface area contributed by atoms with Crippen LogP contribution < -0.4 is 5.56 Å². The number of hydrogen-bond donors (Lipinski definition) is 0. The van der Waals surface area contributed by atoms with Gasteiger partial charge in [-0.2, -0.15) is 0 Å². The van der Waals surface area contributed by atoms with Crippen molar-refractivity contribution >= 4 is 38.5 Å². The summed E-state index contributed by atoms with van der Waals surface area (Å²) in [5.41, 5.74) is 1.48. The molecule has 0 bridgehead atoms. The summed E-state index contributed by atoms with van der Waals surface area (Å²) in [6.07, 6.45) is 1.51. The van der Waals surface area contributed by atoms with Crippen molar-refractivity contribution in [2.45, 2.75) is 13.5 Å². The number of rotatable bonds is 2. The Labute approximate surface area is 125 Å². The summed E-state index contributed by atoms with van der Waals surface area (Å²) < 4.78 is 15.6. The fourth-order valence-electron chi connectivity index (χ4n) is 1.49. The first-order valence-corrected chi connectivity index (χ1v) is 7.01. The summed E-state index contributed by atoms with van der Waals surface area (Å²) in [6, 6.07) is 4.69. The van der Waals surface area contributed by atoms with Gasteiger partial charge in [0.2, 0.25) is 0 Å². The lowest BCUT2D eigenvalue weighted by atomic mass is 10.2. The molecule has 94 valence electrons. The maximum Gasteiger partial charge on any atom is 0.267 e. The third-order valence-corrected chi connectivity index (χ3v) is 4.34. The maximum absolute atomic E-state index is 13.1. The smallest absolute Gasteiger partial charge is 0.267 e. The quantitative estimate of drug-likeness (QED) is 0.697. The van der Waals surface area contributed by atoms with Crippen LogP contribution in [0.25, 0.3) is 0 Å². The molecule has 0 aliphatic heterocycles. The summed E-state index contributed by atoms with van der Waals surface area (Å²) in [5, 5.41) is 0. The van der Waals surface area contributed by atoms with Crippen LogP contribution in [0.4, 0.5) is 4.39 Å². The third kappa shape index (κ3) is 2.80. The van der Waals surface area contributed by atoms with E-state index in [1.807, 2.05) is 22.6 Å². The van der Waals surface area contributed by atoms with Gasteiger partial charge >= 0.3 is 0 Å². The molecule has 0 aliphatic carbocycles. The Morgan fingerprint density at radius 1 is 1.50 bits per heavy atom. The second-order valence-corrected chi connectivity index (χ2v) is 5.76. The minimum Gasteiger partial charge on any atom is -0.294 e. The fourth-order valence-corrected chi connectivity index (χ4v) is 2.37. The zero-order valence-electron chi connectivity index (χ0n) is 9.45. The predicted octanol–water partition coefficient (Wildman–Crippen LogP) is 3.11. The Morgan fingerprint density at radius 2 is 2.22 bits per heavy atom. The van der Waals surface area contributed by atoms with Gasteiger partial charge in [0.15, 0.2) is 0 Å². The minimum atomic E-state index is -0.317. The Bertz CT molecular complexity index is 657. The molecule has 1 aromatic heterocycles. The third-order valence-electron chi connectivity index (χ3n) is 2.49. The van der Waals surface area contributed by atoms with E-state index in [4.69, 9.17) is 0 Å². The molecule has 1 heterocycles. The van der Waals surface area contributed by atoms with Gasteiger partial charge in [-0.3, -0.25) is 9.36 Å². The highest BCUT2D eigenvalue weighted by Gasteiger charge is 2.07. The van der Waals surface area contributed by atoms with Crippen LogP contribution in [0.3, 0.4) is 0 Å². The number of benzene rings is 1. The number of nitrogens with zero attached hydrogens (tertiary/aromatic N) is 2. The molecule has 0 saturated carbocycles. The van der Waals surface area contributed by atoms with Crippen molar-refractivity contribution in [2.24, 2.45) is 0 Å². The SMILES string of the molecule is Cc1ncn(Cc2ccc(F)c(Br)c2)c(=O)c1I. The number of halogens is 3. The minimum absolute atomic E-state index is 0.0800. The summed E-state index contributed by atoms with van der Waals surface area (Å²) in [4.78, 5) is 16.1. The lowest BCUT2D eigenvalue weighted by Gasteiger charge is -2.07. The van der Waals surface area contributed by atoms with Gasteiger partial charge in [-0.1, -0.05) is 6.07 Å². The molecule has 3 nitrogen and oxygen atoms in total. The lowest BCUT2D eigenvalue weighted by Crippen LogP contribution is -2.24. The van der Waals surface area contributed by atoms with Gasteiger partial charge in [0.1, 0.15) is 5.82 Å². The molecule has 0 aliphatic rings. The van der Waals surface area contributed by atoms with E-state index in [-0.39, 0.29) is 11.4 Å². The molecule has 0 unspecified atom stereocenters. The normalized spacial score (nSPS) is 10.7. The monoisotopic (exact) mass is 422 g/mol. The molecule has 2 aromatic rings. The van der Waals surface area contributed by atoms with Gasteiger partial charge in [0.05, 0.1) is 26.6 Å². The van der Waals surface area contributed by atoms with Gasteiger partial charge in [-0.25, -0.2) is 9.37 Å². The molecule has 0 fully saturated rings. The molecular formula is C12H9BrFIN2O. The topological polar surface area (TPSA) is 34.9 Å². The van der Waals surface area contributed by atoms with Gasteiger partial charge in [0, 0.05) is 0 Å². The molecule has 0 amide bonds. The summed E-state index contributed by atoms with van der Waals surface area (Å²) >= 11 is 5.11. The van der Waals surface area contributed by atoms with Crippen molar-refractivity contribution in [3.8, 4) is 0 Å². The van der Waals surface area contributed by atoms with E-state index in [2.05, 4.69) is 20.9 Å². The van der Waals surface area contributed by atoms with Crippen LogP contribution in [0.2, 0.25) is 0 Å². The van der Waals surface area contributed by atoms with E-state index in [0.717, 1.165) is 11.3 Å². The van der Waals surface area contributed by atoms with E-state index in [1.165, 1.54) is 17.0 Å². The van der Waals surface area contributed by atoms with Gasteiger partial charge in [0.25, 0.3) is 5.56 Å². The van der Waals surface area contributed by atoms with Crippen molar-refractivity contribution in [2.75, 3.05) is 0 Å². The zero-order chi connectivity index (χ0) is 13.3. The first-order valence-electron chi connectivity index (χ1n) is 5.14. The second kappa shape index (κ2) is 5.48. The van der Waals surface area contributed by atoms with Crippen molar-refractivity contribution in [1.82, 2.24) is 9.55 Å². The van der Waals surface area contributed by atoms with Crippen LogP contribution in [-0.2, 0) is 6.54 Å². The van der Waals surface area contributed by atoms with E-state index < -0.39 is 0 Å². The van der Waals surface area contributed by atoms with Crippen LogP contribution in [0, 0.1) is 16.3 Å². The van der Waals surface area contributed by atoms with Crippen LogP contribution >= 0.6 is 38.5 Å². The average molecular weight is 423 g/mol. The van der Waals surface area contributed by atoms with E-state index in [9.17, 15) is 9.18 Å². The zero-order valence-corrected chi connectivity index (χ0v) is 13.2. The molecule has 2 rings (SSSR count). The van der Waals surface area contributed by atoms with Crippen molar-refractivity contribution in [1.29, 1.82) is 0 Å². The summed E-state index contributed by atoms with van der Waals surface area (Å²) in [7, 11) is 0. The van der Waals surface area contributed by atoms with Crippen molar-refractivity contribution in [3.05, 3.63) is 60.0 Å². The van der Waals surface area contributed by atoms with E-state index >= 15 is 0 Å². The fraction of sp³-hybridized carbons (Fsp3) is 0.167. The van der Waals surface area contributed by atoms with E-state index in [0.29, 0.717) is 14.6 Å². The van der Waals surface area contributed by atoms with Crippen LogP contribution in [0.15, 0.2) is 33.8 Å². The van der Waals surface area contributed by atoms with Gasteiger partial charge in [-0.05, 0) is 63.1 Å². The molecule has 0 N–H and O–H groups in total. The Hall–Kier alpha value is -0.760. The molecule has 0 radical (unpaired) electrons. The van der Waals surface area contributed by atoms with Crippen molar-refractivity contribution < 1.29 is 4.39 Å². The van der Waals surface area contributed by atoms with Gasteiger partial charge in [-0.15, -0.1) is 0 Å². The molecule has 18 heavy (non-hydrogen) atoms. The summed E-state index contributed by atoms with van der Waals surface area (Å²) in [5.74, 6) is -0.317. The highest BCUT2D eigenvalue weighted by molar-refractivity contribution is 14.1. The average Bonchev–Trinajstić information content (AvgIpc) is 2.34. The lowest BCUT2D eigenvalue weighted by molar-refractivity contribution is 0.619. The van der Waals surface area contributed by atoms with Crippen LogP contribution in [-0.4, -0.2) is 9.55 Å².